The van der Waals surface area contributed by atoms with Gasteiger partial charge in [-0.2, -0.15) is 0 Å². The summed E-state index contributed by atoms with van der Waals surface area (Å²) in [4.78, 5) is 9.54. The topological polar surface area (TPSA) is 25.8 Å². The number of hydrogen-bond donors (Lipinski definition) is 0. The van der Waals surface area contributed by atoms with E-state index in [1.807, 2.05) is 46.0 Å². The fraction of sp³-hybridized carbons (Fsp3) is 0.286. The summed E-state index contributed by atoms with van der Waals surface area (Å²) in [6, 6.07) is 21.6. The highest BCUT2D eigenvalue weighted by molar-refractivity contribution is 5.83. The Labute approximate surface area is 181 Å². The summed E-state index contributed by atoms with van der Waals surface area (Å²) in [6.45, 7) is 12.5. The lowest BCUT2D eigenvalue weighted by molar-refractivity contribution is 0.866. The van der Waals surface area contributed by atoms with Crippen LogP contribution in [0.15, 0.2) is 66.9 Å². The zero-order chi connectivity index (χ0) is 21.7. The predicted molar refractivity (Wildman–Crippen MR) is 130 cm³/mol. The number of nitrogens with zero attached hydrogens (tertiary/aromatic N) is 2. The Hall–Kier alpha value is -3.00. The van der Waals surface area contributed by atoms with E-state index >= 15 is 0 Å². The van der Waals surface area contributed by atoms with Crippen LogP contribution < -0.4 is 0 Å². The quantitative estimate of drug-likeness (QED) is 0.302. The molecule has 1 aliphatic rings. The molecule has 1 aromatic heterocycles. The van der Waals surface area contributed by atoms with Crippen molar-refractivity contribution in [3.63, 3.8) is 0 Å². The molecule has 5 rings (SSSR count). The van der Waals surface area contributed by atoms with Crippen molar-refractivity contribution in [3.8, 4) is 22.5 Å². The van der Waals surface area contributed by atoms with Gasteiger partial charge in [0, 0.05) is 17.1 Å². The molecule has 2 heteroatoms. The van der Waals surface area contributed by atoms with Gasteiger partial charge in [-0.3, -0.25) is 0 Å². The van der Waals surface area contributed by atoms with Crippen LogP contribution in [-0.4, -0.2) is 9.97 Å². The molecule has 0 saturated heterocycles. The van der Waals surface area contributed by atoms with Crippen LogP contribution >= 0.6 is 0 Å². The minimum atomic E-state index is 0.415. The van der Waals surface area contributed by atoms with Gasteiger partial charge in [0.05, 0.1) is 5.52 Å². The first-order valence-electron chi connectivity index (χ1n) is 11.2. The highest BCUT2D eigenvalue weighted by atomic mass is 14.9. The molecule has 3 aromatic carbocycles. The normalized spacial score (nSPS) is 11.2. The molecule has 0 radical (unpaired) electrons. The summed E-state index contributed by atoms with van der Waals surface area (Å²) < 4.78 is 0. The number of aromatic nitrogens is 2. The zero-order valence-electron chi connectivity index (χ0n) is 19.0. The van der Waals surface area contributed by atoms with Gasteiger partial charge in [-0.05, 0) is 58.4 Å². The van der Waals surface area contributed by atoms with Gasteiger partial charge in [-0.1, -0.05) is 84.0 Å². The van der Waals surface area contributed by atoms with Crippen LogP contribution in [0.5, 0.6) is 0 Å². The maximum atomic E-state index is 4.85. The van der Waals surface area contributed by atoms with Crippen molar-refractivity contribution in [2.75, 3.05) is 0 Å². The Kier molecular flexibility index (Phi) is 6.99. The molecular formula is C28H32N2. The first-order chi connectivity index (χ1) is 14.7. The van der Waals surface area contributed by atoms with Crippen molar-refractivity contribution < 1.29 is 0 Å². The lowest BCUT2D eigenvalue weighted by Gasteiger charge is -2.15. The lowest BCUT2D eigenvalue weighted by atomic mass is 9.91. The van der Waals surface area contributed by atoms with Crippen LogP contribution in [0.4, 0.5) is 0 Å². The van der Waals surface area contributed by atoms with Crippen LogP contribution in [0.25, 0.3) is 33.4 Å². The fourth-order valence-corrected chi connectivity index (χ4v) is 3.97. The zero-order valence-corrected chi connectivity index (χ0v) is 19.0. The molecule has 1 aliphatic carbocycles. The Morgan fingerprint density at radius 2 is 1.43 bits per heavy atom. The number of benzene rings is 3. The molecule has 0 unspecified atom stereocenters. The van der Waals surface area contributed by atoms with E-state index in [0.717, 1.165) is 28.7 Å². The third-order valence-electron chi connectivity index (χ3n) is 5.32. The average molecular weight is 397 g/mol. The molecule has 2 nitrogen and oxygen atoms in total. The van der Waals surface area contributed by atoms with Crippen LogP contribution in [0.1, 0.15) is 64.2 Å². The maximum Gasteiger partial charge on any atom is 0.160 e. The summed E-state index contributed by atoms with van der Waals surface area (Å²) >= 11 is 0. The van der Waals surface area contributed by atoms with Gasteiger partial charge in [-0.25, -0.2) is 9.97 Å². The molecule has 4 aromatic rings. The molecule has 0 spiro atoms. The first-order valence-corrected chi connectivity index (χ1v) is 11.2. The van der Waals surface area contributed by atoms with Crippen molar-refractivity contribution >= 4 is 10.9 Å². The van der Waals surface area contributed by atoms with E-state index in [4.69, 9.17) is 4.98 Å². The molecule has 30 heavy (non-hydrogen) atoms. The second-order valence-electron chi connectivity index (χ2n) is 7.34. The third kappa shape index (κ3) is 4.00. The molecule has 0 bridgehead atoms. The minimum Gasteiger partial charge on any atom is -0.236 e. The van der Waals surface area contributed by atoms with E-state index in [0.29, 0.717) is 5.92 Å². The maximum absolute atomic E-state index is 4.85. The van der Waals surface area contributed by atoms with E-state index in [9.17, 15) is 0 Å². The summed E-state index contributed by atoms with van der Waals surface area (Å²) in [5.41, 5.74) is 9.00. The SMILES string of the molecule is CC.CC.CC(C)c1cc2c(cc1-c1ncc3ccccc3n1)Cc1ccccc1-2. The molecule has 0 atom stereocenters. The standard InChI is InChI=1S/C24H20N2.2C2H6/c1-15(2)20-13-21-18(11-16-7-3-5-9-19(16)21)12-22(20)24-25-14-17-8-4-6-10-23(17)26-24;2*1-2/h3-10,12-15H,11H2,1-2H3;2*1-2H3. The Morgan fingerprint density at radius 3 is 2.20 bits per heavy atom. The second-order valence-corrected chi connectivity index (χ2v) is 7.34. The molecule has 154 valence electrons. The highest BCUT2D eigenvalue weighted by Crippen LogP contribution is 2.41. The number of fused-ring (bicyclic) bond motifs is 4. The summed E-state index contributed by atoms with van der Waals surface area (Å²) in [5, 5.41) is 1.08. The molecule has 0 aliphatic heterocycles. The van der Waals surface area contributed by atoms with Crippen molar-refractivity contribution in [2.24, 2.45) is 0 Å². The van der Waals surface area contributed by atoms with E-state index in [2.05, 4.69) is 67.4 Å². The van der Waals surface area contributed by atoms with Gasteiger partial charge in [0.25, 0.3) is 0 Å². The average Bonchev–Trinajstić information content (AvgIpc) is 3.18. The first kappa shape index (κ1) is 21.7. The molecule has 0 fully saturated rings. The molecular weight excluding hydrogens is 364 g/mol. The minimum absolute atomic E-state index is 0.415. The Balaban J connectivity index is 0.000000606. The van der Waals surface area contributed by atoms with Crippen LogP contribution in [0.2, 0.25) is 0 Å². The van der Waals surface area contributed by atoms with Gasteiger partial charge >= 0.3 is 0 Å². The highest BCUT2D eigenvalue weighted by Gasteiger charge is 2.22. The third-order valence-corrected chi connectivity index (χ3v) is 5.32. The lowest BCUT2D eigenvalue weighted by Crippen LogP contribution is -1.99. The van der Waals surface area contributed by atoms with Crippen molar-refractivity contribution in [3.05, 3.63) is 83.6 Å². The van der Waals surface area contributed by atoms with E-state index in [1.165, 1.54) is 27.8 Å². The molecule has 1 heterocycles. The van der Waals surface area contributed by atoms with Crippen molar-refractivity contribution in [1.29, 1.82) is 0 Å². The number of rotatable bonds is 2. The second kappa shape index (κ2) is 9.67. The summed E-state index contributed by atoms with van der Waals surface area (Å²) in [5.74, 6) is 1.24. The van der Waals surface area contributed by atoms with Gasteiger partial charge in [0.1, 0.15) is 0 Å². The predicted octanol–water partition coefficient (Wildman–Crippen LogP) is 8.04. The van der Waals surface area contributed by atoms with Crippen LogP contribution in [-0.2, 0) is 6.42 Å². The fourth-order valence-electron chi connectivity index (χ4n) is 3.97. The van der Waals surface area contributed by atoms with E-state index < -0.39 is 0 Å². The number of hydrogen-bond acceptors (Lipinski definition) is 2. The smallest absolute Gasteiger partial charge is 0.160 e. The largest absolute Gasteiger partial charge is 0.236 e. The molecule has 0 saturated carbocycles. The van der Waals surface area contributed by atoms with Gasteiger partial charge < -0.3 is 0 Å². The van der Waals surface area contributed by atoms with Gasteiger partial charge in [-0.15, -0.1) is 0 Å². The molecule has 0 amide bonds. The van der Waals surface area contributed by atoms with Crippen LogP contribution in [0, 0.1) is 0 Å². The molecule has 0 N–H and O–H groups in total. The van der Waals surface area contributed by atoms with Gasteiger partial charge in [0.2, 0.25) is 0 Å². The van der Waals surface area contributed by atoms with E-state index in [-0.39, 0.29) is 0 Å². The van der Waals surface area contributed by atoms with Crippen LogP contribution in [0.3, 0.4) is 0 Å². The number of para-hydroxylation sites is 1. The van der Waals surface area contributed by atoms with Gasteiger partial charge in [0.15, 0.2) is 5.82 Å². The summed E-state index contributed by atoms with van der Waals surface area (Å²) in [6.07, 6.45) is 2.92. The Morgan fingerprint density at radius 1 is 0.733 bits per heavy atom. The van der Waals surface area contributed by atoms with Crippen molar-refractivity contribution in [1.82, 2.24) is 9.97 Å². The van der Waals surface area contributed by atoms with E-state index in [1.54, 1.807) is 0 Å². The Bertz CT molecular complexity index is 1140. The monoisotopic (exact) mass is 396 g/mol. The summed E-state index contributed by atoms with van der Waals surface area (Å²) in [7, 11) is 0. The van der Waals surface area contributed by atoms with Crippen molar-refractivity contribution in [2.45, 2.75) is 53.9 Å².